The highest BCUT2D eigenvalue weighted by atomic mass is 32.2. The lowest BCUT2D eigenvalue weighted by molar-refractivity contribution is 0.380. The van der Waals surface area contributed by atoms with Gasteiger partial charge < -0.3 is 9.26 Å². The summed E-state index contributed by atoms with van der Waals surface area (Å²) >= 11 is 0. The fourth-order valence-electron chi connectivity index (χ4n) is 3.45. The number of nitrogens with zero attached hydrogens (tertiary/aromatic N) is 3. The normalized spacial score (nSPS) is 14.5. The van der Waals surface area contributed by atoms with Gasteiger partial charge in [0.1, 0.15) is 12.3 Å². The van der Waals surface area contributed by atoms with Crippen LogP contribution in [-0.2, 0) is 16.6 Å². The van der Waals surface area contributed by atoms with Crippen LogP contribution in [0.5, 0.6) is 5.75 Å². The lowest BCUT2D eigenvalue weighted by Gasteiger charge is -2.16. The Kier molecular flexibility index (Phi) is 3.63. The van der Waals surface area contributed by atoms with Crippen molar-refractivity contribution >= 4 is 26.5 Å². The minimum Gasteiger partial charge on any atom is -0.497 e. The summed E-state index contributed by atoms with van der Waals surface area (Å²) in [6, 6.07) is 18.1. The Morgan fingerprint density at radius 1 is 1.07 bits per heavy atom. The van der Waals surface area contributed by atoms with Gasteiger partial charge in [0.15, 0.2) is 0 Å². The highest BCUT2D eigenvalue weighted by molar-refractivity contribution is 7.93. The average Bonchev–Trinajstić information content (AvgIpc) is 3.27. The van der Waals surface area contributed by atoms with Crippen LogP contribution in [0.4, 0.5) is 5.69 Å². The quantitative estimate of drug-likeness (QED) is 0.527. The molecule has 0 fully saturated rings. The summed E-state index contributed by atoms with van der Waals surface area (Å²) in [7, 11) is -2.10. The van der Waals surface area contributed by atoms with Crippen molar-refractivity contribution in [3.63, 3.8) is 0 Å². The summed E-state index contributed by atoms with van der Waals surface area (Å²) < 4.78 is 38.0. The molecule has 0 aliphatic carbocycles. The topological polar surface area (TPSA) is 85.5 Å². The van der Waals surface area contributed by atoms with Crippen LogP contribution in [0, 0.1) is 0 Å². The first kappa shape index (κ1) is 16.8. The Labute approximate surface area is 161 Å². The predicted molar refractivity (Wildman–Crippen MR) is 104 cm³/mol. The third-order valence-electron chi connectivity index (χ3n) is 4.76. The summed E-state index contributed by atoms with van der Waals surface area (Å²) in [5, 5.41) is 5.58. The molecule has 0 atom stereocenters. The van der Waals surface area contributed by atoms with E-state index < -0.39 is 10.0 Å². The molecule has 0 bridgehead atoms. The Morgan fingerprint density at radius 3 is 2.68 bits per heavy atom. The van der Waals surface area contributed by atoms with Crippen LogP contribution in [0.15, 0.2) is 70.1 Å². The Balaban J connectivity index is 1.53. The zero-order chi connectivity index (χ0) is 19.3. The molecular weight excluding hydrogens is 378 g/mol. The molecule has 8 heteroatoms. The lowest BCUT2D eigenvalue weighted by Crippen LogP contribution is -2.26. The largest absolute Gasteiger partial charge is 0.497 e. The zero-order valence-electron chi connectivity index (χ0n) is 14.9. The van der Waals surface area contributed by atoms with E-state index in [1.807, 2.05) is 36.4 Å². The van der Waals surface area contributed by atoms with E-state index in [2.05, 4.69) is 10.1 Å². The van der Waals surface area contributed by atoms with Gasteiger partial charge >= 0.3 is 0 Å². The Morgan fingerprint density at radius 2 is 1.86 bits per heavy atom. The van der Waals surface area contributed by atoms with Gasteiger partial charge in [-0.3, -0.25) is 4.31 Å². The predicted octanol–water partition coefficient (Wildman–Crippen LogP) is 3.61. The summed E-state index contributed by atoms with van der Waals surface area (Å²) in [4.78, 5) is 4.67. The number of rotatable bonds is 4. The van der Waals surface area contributed by atoms with Gasteiger partial charge in [0.25, 0.3) is 10.0 Å². The van der Waals surface area contributed by atoms with Crippen LogP contribution < -0.4 is 9.04 Å². The maximum Gasteiger partial charge on any atom is 0.265 e. The summed E-state index contributed by atoms with van der Waals surface area (Å²) in [6.07, 6.45) is 0. The molecule has 3 aromatic carbocycles. The van der Waals surface area contributed by atoms with Gasteiger partial charge in [-0.05, 0) is 29.7 Å². The van der Waals surface area contributed by atoms with Crippen molar-refractivity contribution in [2.75, 3.05) is 11.4 Å². The molecule has 140 valence electrons. The first-order valence-electron chi connectivity index (χ1n) is 8.59. The second-order valence-corrected chi connectivity index (χ2v) is 8.22. The molecule has 1 aromatic heterocycles. The highest BCUT2D eigenvalue weighted by Crippen LogP contribution is 2.42. The number of methoxy groups -OCH3 is 1. The third kappa shape index (κ3) is 2.45. The van der Waals surface area contributed by atoms with E-state index in [0.717, 1.165) is 16.3 Å². The molecule has 0 unspecified atom stereocenters. The van der Waals surface area contributed by atoms with Crippen LogP contribution in [0.2, 0.25) is 0 Å². The second kappa shape index (κ2) is 6.07. The van der Waals surface area contributed by atoms with Gasteiger partial charge in [0.05, 0.1) is 17.7 Å². The van der Waals surface area contributed by atoms with Crippen LogP contribution in [-0.4, -0.2) is 25.7 Å². The number of anilines is 1. The average molecular weight is 393 g/mol. The molecule has 1 aliphatic rings. The molecule has 0 N–H and O–H groups in total. The number of sulfonamides is 1. The summed E-state index contributed by atoms with van der Waals surface area (Å²) in [6.45, 7) is -0.0346. The monoisotopic (exact) mass is 393 g/mol. The number of ether oxygens (including phenoxy) is 1. The minimum absolute atomic E-state index is 0.0346. The minimum atomic E-state index is -3.68. The van der Waals surface area contributed by atoms with Crippen LogP contribution >= 0.6 is 0 Å². The molecule has 0 saturated heterocycles. The van der Waals surface area contributed by atoms with Crippen molar-refractivity contribution in [3.05, 3.63) is 66.6 Å². The van der Waals surface area contributed by atoms with Crippen molar-refractivity contribution in [3.8, 4) is 17.1 Å². The third-order valence-corrected chi connectivity index (χ3v) is 6.56. The maximum absolute atomic E-state index is 13.0. The van der Waals surface area contributed by atoms with Crippen molar-refractivity contribution in [1.29, 1.82) is 0 Å². The molecule has 0 amide bonds. The van der Waals surface area contributed by atoms with E-state index in [-0.39, 0.29) is 12.4 Å². The first-order chi connectivity index (χ1) is 13.6. The fraction of sp³-hybridized carbons (Fsp3) is 0.100. The number of aromatic nitrogens is 2. The SMILES string of the molecule is COc1cccc(-c2noc(CN3c4cccc5cccc(c45)S3(=O)=O)n2)c1. The fourth-order valence-corrected chi connectivity index (χ4v) is 5.11. The molecule has 0 spiro atoms. The standard InChI is InChI=1S/C20H15N3O4S/c1-26-15-8-2-7-14(11-15)20-21-18(27-22-20)12-23-16-9-3-5-13-6-4-10-17(19(13)16)28(23,24)25/h2-11H,12H2,1H3. The van der Waals surface area contributed by atoms with Gasteiger partial charge in [0.2, 0.25) is 11.7 Å². The smallest absolute Gasteiger partial charge is 0.265 e. The van der Waals surface area contributed by atoms with E-state index in [1.165, 1.54) is 4.31 Å². The first-order valence-corrected chi connectivity index (χ1v) is 10.0. The van der Waals surface area contributed by atoms with Crippen LogP contribution in [0.3, 0.4) is 0 Å². The van der Waals surface area contributed by atoms with E-state index in [1.54, 1.807) is 31.4 Å². The summed E-state index contributed by atoms with van der Waals surface area (Å²) in [5.41, 5.74) is 1.35. The molecule has 4 aromatic rings. The molecule has 5 rings (SSSR count). The maximum atomic E-state index is 13.0. The van der Waals surface area contributed by atoms with Crippen molar-refractivity contribution < 1.29 is 17.7 Å². The molecule has 0 radical (unpaired) electrons. The molecule has 0 saturated carbocycles. The van der Waals surface area contributed by atoms with Crippen molar-refractivity contribution in [2.45, 2.75) is 11.4 Å². The molecular formula is C20H15N3O4S. The Bertz CT molecular complexity index is 1310. The van der Waals surface area contributed by atoms with E-state index in [9.17, 15) is 8.42 Å². The van der Waals surface area contributed by atoms with E-state index in [0.29, 0.717) is 22.2 Å². The van der Waals surface area contributed by atoms with Gasteiger partial charge in [0, 0.05) is 10.9 Å². The molecule has 7 nitrogen and oxygen atoms in total. The van der Waals surface area contributed by atoms with E-state index >= 15 is 0 Å². The van der Waals surface area contributed by atoms with Gasteiger partial charge in [-0.1, -0.05) is 41.6 Å². The second-order valence-electron chi connectivity index (χ2n) is 6.39. The van der Waals surface area contributed by atoms with Crippen LogP contribution in [0.25, 0.3) is 22.2 Å². The van der Waals surface area contributed by atoms with Crippen LogP contribution in [0.1, 0.15) is 5.89 Å². The molecule has 2 heterocycles. The zero-order valence-corrected chi connectivity index (χ0v) is 15.7. The summed E-state index contributed by atoms with van der Waals surface area (Å²) in [5.74, 6) is 1.26. The number of hydrogen-bond donors (Lipinski definition) is 0. The van der Waals surface area contributed by atoms with Crippen molar-refractivity contribution in [2.24, 2.45) is 0 Å². The number of benzene rings is 3. The highest BCUT2D eigenvalue weighted by Gasteiger charge is 2.36. The Hall–Kier alpha value is -3.39. The number of hydrogen-bond acceptors (Lipinski definition) is 6. The van der Waals surface area contributed by atoms with Gasteiger partial charge in [-0.15, -0.1) is 0 Å². The van der Waals surface area contributed by atoms with Gasteiger partial charge in [-0.2, -0.15) is 4.98 Å². The van der Waals surface area contributed by atoms with E-state index in [4.69, 9.17) is 9.26 Å². The lowest BCUT2D eigenvalue weighted by atomic mass is 10.1. The van der Waals surface area contributed by atoms with Crippen molar-refractivity contribution in [1.82, 2.24) is 10.1 Å². The molecule has 28 heavy (non-hydrogen) atoms. The molecule has 1 aliphatic heterocycles. The van der Waals surface area contributed by atoms with Gasteiger partial charge in [-0.25, -0.2) is 8.42 Å².